The van der Waals surface area contributed by atoms with Crippen molar-refractivity contribution in [3.05, 3.63) is 35.0 Å². The van der Waals surface area contributed by atoms with E-state index in [1.54, 1.807) is 6.07 Å². The van der Waals surface area contributed by atoms with E-state index in [4.69, 9.17) is 15.1 Å². The van der Waals surface area contributed by atoms with Crippen LogP contribution in [0, 0.1) is 12.3 Å². The molecule has 0 radical (unpaired) electrons. The van der Waals surface area contributed by atoms with E-state index in [0.29, 0.717) is 11.4 Å². The first-order valence-electron chi connectivity index (χ1n) is 11.0. The van der Waals surface area contributed by atoms with Crippen LogP contribution in [0.3, 0.4) is 0 Å². The second kappa shape index (κ2) is 9.25. The average molecular weight is 476 g/mol. The van der Waals surface area contributed by atoms with E-state index in [9.17, 15) is 18.7 Å². The Hall–Kier alpha value is -3.14. The van der Waals surface area contributed by atoms with E-state index in [2.05, 4.69) is 15.6 Å². The molecule has 1 heterocycles. The number of amides is 1. The normalized spacial score (nSPS) is 20.8. The summed E-state index contributed by atoms with van der Waals surface area (Å²) >= 11 is 0. The second-order valence-electron chi connectivity index (χ2n) is 9.79. The summed E-state index contributed by atoms with van der Waals surface area (Å²) in [6, 6.07) is 4.69. The molecule has 0 bridgehead atoms. The smallest absolute Gasteiger partial charge is 0.288 e. The van der Waals surface area contributed by atoms with Gasteiger partial charge in [0.05, 0.1) is 5.52 Å². The molecule has 3 rings (SSSR count). The predicted molar refractivity (Wildman–Crippen MR) is 128 cm³/mol. The first-order chi connectivity index (χ1) is 15.7. The highest BCUT2D eigenvalue weighted by molar-refractivity contribution is 6.02. The van der Waals surface area contributed by atoms with Crippen LogP contribution in [0.2, 0.25) is 0 Å². The van der Waals surface area contributed by atoms with Gasteiger partial charge in [-0.1, -0.05) is 20.8 Å². The van der Waals surface area contributed by atoms with Crippen molar-refractivity contribution < 1.29 is 23.4 Å². The summed E-state index contributed by atoms with van der Waals surface area (Å²) in [5.74, 6) is -0.0727. The number of rotatable bonds is 4. The third-order valence-electron chi connectivity index (χ3n) is 5.81. The molecule has 0 unspecified atom stereocenters. The molecule has 0 spiro atoms. The van der Waals surface area contributed by atoms with Gasteiger partial charge in [0, 0.05) is 43.9 Å². The Kier molecular flexibility index (Phi) is 6.93. The fourth-order valence-corrected chi connectivity index (χ4v) is 4.05. The minimum absolute atomic E-state index is 0.0942. The Bertz CT molecular complexity index is 1150. The number of aryl methyl sites for hydroxylation is 1. The van der Waals surface area contributed by atoms with Gasteiger partial charge in [0.2, 0.25) is 11.8 Å². The molecule has 1 aromatic carbocycles. The number of benzene rings is 1. The molecule has 2 aromatic rings. The monoisotopic (exact) mass is 475 g/mol. The molecule has 184 valence electrons. The SMILES string of the molecule is C/N=C(\OC(=N)N[C@H]1C[C@](O)(C(F)F)C1)c1cc(C)c2cc(NC(C)=O)cc(C(C)(C)C)c2n1. The number of nitrogens with zero attached hydrogens (tertiary/aromatic N) is 2. The van der Waals surface area contributed by atoms with Crippen LogP contribution in [-0.2, 0) is 14.9 Å². The van der Waals surface area contributed by atoms with E-state index in [1.807, 2.05) is 39.8 Å². The van der Waals surface area contributed by atoms with Crippen LogP contribution >= 0.6 is 0 Å². The quantitative estimate of drug-likeness (QED) is 0.395. The van der Waals surface area contributed by atoms with Crippen molar-refractivity contribution in [1.29, 1.82) is 5.41 Å². The number of nitrogens with one attached hydrogen (secondary N) is 3. The highest BCUT2D eigenvalue weighted by atomic mass is 19.3. The zero-order chi connectivity index (χ0) is 25.4. The molecule has 1 amide bonds. The number of pyridine rings is 1. The van der Waals surface area contributed by atoms with Crippen LogP contribution in [-0.4, -0.2) is 53.0 Å². The molecule has 1 saturated carbocycles. The molecule has 0 saturated heterocycles. The van der Waals surface area contributed by atoms with Crippen molar-refractivity contribution in [3.63, 3.8) is 0 Å². The molecule has 8 nitrogen and oxygen atoms in total. The minimum Gasteiger partial charge on any atom is -0.405 e. The van der Waals surface area contributed by atoms with Gasteiger partial charge in [0.15, 0.2) is 0 Å². The van der Waals surface area contributed by atoms with E-state index < -0.39 is 18.1 Å². The maximum atomic E-state index is 12.8. The van der Waals surface area contributed by atoms with Gasteiger partial charge in [-0.3, -0.25) is 15.2 Å². The van der Waals surface area contributed by atoms with Crippen LogP contribution in [0.1, 0.15) is 57.4 Å². The van der Waals surface area contributed by atoms with Gasteiger partial charge in [-0.05, 0) is 41.7 Å². The fourth-order valence-electron chi connectivity index (χ4n) is 4.05. The lowest BCUT2D eigenvalue weighted by molar-refractivity contribution is -0.154. The molecule has 1 aromatic heterocycles. The number of aromatic nitrogens is 1. The van der Waals surface area contributed by atoms with Crippen molar-refractivity contribution in [1.82, 2.24) is 10.3 Å². The second-order valence-corrected chi connectivity index (χ2v) is 9.79. The Morgan fingerprint density at radius 1 is 1.32 bits per heavy atom. The summed E-state index contributed by atoms with van der Waals surface area (Å²) in [6.07, 6.45) is -3.18. The number of amidine groups is 1. The molecule has 0 atom stereocenters. The molecule has 10 heteroatoms. The molecule has 34 heavy (non-hydrogen) atoms. The summed E-state index contributed by atoms with van der Waals surface area (Å²) in [4.78, 5) is 20.5. The Labute approximate surface area is 197 Å². The summed E-state index contributed by atoms with van der Waals surface area (Å²) in [5.41, 5.74) is 1.31. The highest BCUT2D eigenvalue weighted by Gasteiger charge is 2.50. The third-order valence-corrected chi connectivity index (χ3v) is 5.81. The summed E-state index contributed by atoms with van der Waals surface area (Å²) in [6.45, 7) is 9.51. The molecule has 1 fully saturated rings. The number of anilines is 1. The zero-order valence-electron chi connectivity index (χ0n) is 20.2. The molecule has 1 aliphatic carbocycles. The van der Waals surface area contributed by atoms with Crippen LogP contribution < -0.4 is 10.6 Å². The number of carbonyl (C=O) groups excluding carboxylic acids is 1. The number of hydrogen-bond acceptors (Lipinski definition) is 6. The molecule has 1 aliphatic rings. The van der Waals surface area contributed by atoms with Crippen molar-refractivity contribution >= 4 is 34.4 Å². The average Bonchev–Trinajstić information content (AvgIpc) is 2.69. The van der Waals surface area contributed by atoms with E-state index in [1.165, 1.54) is 14.0 Å². The maximum Gasteiger partial charge on any atom is 0.288 e. The summed E-state index contributed by atoms with van der Waals surface area (Å²) in [5, 5.41) is 24.2. The minimum atomic E-state index is -2.83. The number of aliphatic imine (C=N–C) groups is 1. The van der Waals surface area contributed by atoms with Gasteiger partial charge in [-0.15, -0.1) is 0 Å². The van der Waals surface area contributed by atoms with Crippen LogP contribution in [0.5, 0.6) is 0 Å². The Balaban J connectivity index is 1.89. The fraction of sp³-hybridized carbons (Fsp3) is 0.500. The van der Waals surface area contributed by atoms with Crippen molar-refractivity contribution in [2.75, 3.05) is 12.4 Å². The first-order valence-corrected chi connectivity index (χ1v) is 11.0. The number of hydrogen-bond donors (Lipinski definition) is 4. The molecule has 4 N–H and O–H groups in total. The van der Waals surface area contributed by atoms with Gasteiger partial charge < -0.3 is 20.5 Å². The van der Waals surface area contributed by atoms with Crippen LogP contribution in [0.25, 0.3) is 10.9 Å². The standard InChI is InChI=1S/C24H31F2N5O3/c1-12-7-18(20(28-6)34-22(27)30-15-10-24(33,11-15)21(25)26)31-19-16(12)8-14(29-13(2)32)9-17(19)23(3,4)5/h7-9,15,21,33H,10-11H2,1-6H3,(H2,27,30)(H,29,32)/b28-20-/t15-,24+. The summed E-state index contributed by atoms with van der Waals surface area (Å²) in [7, 11) is 1.51. The third kappa shape index (κ3) is 5.32. The van der Waals surface area contributed by atoms with E-state index in [0.717, 1.165) is 22.0 Å². The van der Waals surface area contributed by atoms with E-state index in [-0.39, 0.29) is 36.1 Å². The van der Waals surface area contributed by atoms with Gasteiger partial charge in [-0.25, -0.2) is 13.8 Å². The lowest BCUT2D eigenvalue weighted by Crippen LogP contribution is -2.59. The number of fused-ring (bicyclic) bond motifs is 1. The van der Waals surface area contributed by atoms with Crippen LogP contribution in [0.15, 0.2) is 23.2 Å². The number of ether oxygens (including phenoxy) is 1. The van der Waals surface area contributed by atoms with E-state index >= 15 is 0 Å². The topological polar surface area (TPSA) is 120 Å². The van der Waals surface area contributed by atoms with Crippen molar-refractivity contribution in [2.24, 2.45) is 4.99 Å². The first kappa shape index (κ1) is 25.5. The van der Waals surface area contributed by atoms with Gasteiger partial charge >= 0.3 is 0 Å². The lowest BCUT2D eigenvalue weighted by Gasteiger charge is -2.43. The number of alkyl halides is 2. The highest BCUT2D eigenvalue weighted by Crippen LogP contribution is 2.37. The Morgan fingerprint density at radius 2 is 1.97 bits per heavy atom. The number of aliphatic hydroxyl groups is 1. The number of carbonyl (C=O) groups is 1. The van der Waals surface area contributed by atoms with Crippen molar-refractivity contribution in [3.8, 4) is 0 Å². The summed E-state index contributed by atoms with van der Waals surface area (Å²) < 4.78 is 31.2. The molecule has 0 aliphatic heterocycles. The van der Waals surface area contributed by atoms with Gasteiger partial charge in [-0.2, -0.15) is 0 Å². The lowest BCUT2D eigenvalue weighted by atomic mass is 9.76. The number of halogens is 2. The van der Waals surface area contributed by atoms with Gasteiger partial charge in [0.25, 0.3) is 12.4 Å². The van der Waals surface area contributed by atoms with Crippen molar-refractivity contribution in [2.45, 2.75) is 70.9 Å². The maximum absolute atomic E-state index is 12.8. The largest absolute Gasteiger partial charge is 0.405 e. The Morgan fingerprint density at radius 3 is 2.50 bits per heavy atom. The van der Waals surface area contributed by atoms with Gasteiger partial charge in [0.1, 0.15) is 11.3 Å². The molecular formula is C24H31F2N5O3. The zero-order valence-corrected chi connectivity index (χ0v) is 20.2. The predicted octanol–water partition coefficient (Wildman–Crippen LogP) is 3.88. The van der Waals surface area contributed by atoms with Crippen LogP contribution in [0.4, 0.5) is 14.5 Å². The molecular weight excluding hydrogens is 444 g/mol.